The first kappa shape index (κ1) is 23.3. The molecule has 172 valence electrons. The van der Waals surface area contributed by atoms with Crippen LogP contribution in [-0.2, 0) is 27.4 Å². The van der Waals surface area contributed by atoms with Gasteiger partial charge in [-0.05, 0) is 31.4 Å². The third-order valence-electron chi connectivity index (χ3n) is 5.21. The van der Waals surface area contributed by atoms with Crippen molar-refractivity contribution in [1.29, 1.82) is 0 Å². The maximum Gasteiger partial charge on any atom is 0.490 e. The van der Waals surface area contributed by atoms with Gasteiger partial charge in [-0.25, -0.2) is 4.79 Å². The Morgan fingerprint density at radius 2 is 2.19 bits per heavy atom. The molecule has 0 saturated carbocycles. The summed E-state index contributed by atoms with van der Waals surface area (Å²) in [5, 5.41) is 11.3. The molecule has 2 saturated heterocycles. The highest BCUT2D eigenvalue weighted by Gasteiger charge is 2.44. The van der Waals surface area contributed by atoms with E-state index in [0.29, 0.717) is 6.04 Å². The highest BCUT2D eigenvalue weighted by molar-refractivity contribution is 5.73. The van der Waals surface area contributed by atoms with E-state index in [4.69, 9.17) is 23.8 Å². The van der Waals surface area contributed by atoms with Crippen LogP contribution in [0.2, 0.25) is 0 Å². The number of likely N-dealkylation sites (tertiary alicyclic amines) is 1. The number of rotatable bonds is 7. The number of halogens is 3. The van der Waals surface area contributed by atoms with Crippen LogP contribution in [0.4, 0.5) is 13.2 Å². The van der Waals surface area contributed by atoms with Gasteiger partial charge < -0.3 is 19.0 Å². The Labute approximate surface area is 177 Å². The number of aromatic nitrogens is 2. The number of furan rings is 1. The number of hydrogen-bond acceptors (Lipinski definition) is 6. The van der Waals surface area contributed by atoms with Crippen LogP contribution in [0.15, 0.2) is 41.5 Å². The van der Waals surface area contributed by atoms with E-state index in [9.17, 15) is 13.2 Å². The van der Waals surface area contributed by atoms with Crippen molar-refractivity contribution in [3.8, 4) is 0 Å². The van der Waals surface area contributed by atoms with E-state index < -0.39 is 12.1 Å². The van der Waals surface area contributed by atoms with E-state index >= 15 is 0 Å². The summed E-state index contributed by atoms with van der Waals surface area (Å²) in [6.07, 6.45) is 5.95. The van der Waals surface area contributed by atoms with Gasteiger partial charge in [-0.2, -0.15) is 18.3 Å². The zero-order chi connectivity index (χ0) is 22.3. The lowest BCUT2D eigenvalue weighted by molar-refractivity contribution is -0.192. The normalized spacial score (nSPS) is 23.8. The summed E-state index contributed by atoms with van der Waals surface area (Å²) in [4.78, 5) is 11.4. The first-order valence-corrected chi connectivity index (χ1v) is 10.1. The predicted molar refractivity (Wildman–Crippen MR) is 102 cm³/mol. The van der Waals surface area contributed by atoms with Crippen LogP contribution in [0.3, 0.4) is 0 Å². The van der Waals surface area contributed by atoms with Crippen LogP contribution in [0.5, 0.6) is 0 Å². The molecule has 11 heteroatoms. The quantitative estimate of drug-likeness (QED) is 0.656. The third kappa shape index (κ3) is 6.81. The van der Waals surface area contributed by atoms with Gasteiger partial charge in [0.2, 0.25) is 0 Å². The van der Waals surface area contributed by atoms with Crippen molar-refractivity contribution in [1.82, 2.24) is 14.7 Å². The summed E-state index contributed by atoms with van der Waals surface area (Å²) in [6.45, 7) is 4.34. The molecule has 4 rings (SSSR count). The number of carboxylic acid groups (broad SMARTS) is 1. The Hall–Kier alpha value is -2.37. The summed E-state index contributed by atoms with van der Waals surface area (Å²) in [6, 6.07) is 4.45. The van der Waals surface area contributed by atoms with Gasteiger partial charge in [-0.3, -0.25) is 9.58 Å². The Balaban J connectivity index is 0.000000339. The maximum absolute atomic E-state index is 10.6. The van der Waals surface area contributed by atoms with Crippen LogP contribution < -0.4 is 0 Å². The fraction of sp³-hybridized carbons (Fsp3) is 0.600. The highest BCUT2D eigenvalue weighted by Crippen LogP contribution is 2.32. The van der Waals surface area contributed by atoms with Crippen molar-refractivity contribution in [3.63, 3.8) is 0 Å². The maximum atomic E-state index is 10.6. The molecule has 8 nitrogen and oxygen atoms in total. The molecule has 0 aromatic carbocycles. The highest BCUT2D eigenvalue weighted by atomic mass is 19.4. The minimum atomic E-state index is -5.08. The molecule has 0 unspecified atom stereocenters. The zero-order valence-electron chi connectivity index (χ0n) is 16.9. The number of aliphatic carboxylic acids is 1. The molecule has 2 aromatic rings. The van der Waals surface area contributed by atoms with Gasteiger partial charge in [0.25, 0.3) is 0 Å². The van der Waals surface area contributed by atoms with E-state index in [1.807, 2.05) is 35.5 Å². The van der Waals surface area contributed by atoms with Crippen molar-refractivity contribution in [2.24, 2.45) is 0 Å². The second-order valence-electron chi connectivity index (χ2n) is 7.44. The molecule has 2 aliphatic heterocycles. The van der Waals surface area contributed by atoms with Gasteiger partial charge in [0.05, 0.1) is 18.6 Å². The molecule has 2 aromatic heterocycles. The summed E-state index contributed by atoms with van der Waals surface area (Å²) >= 11 is 0. The van der Waals surface area contributed by atoms with E-state index in [0.717, 1.165) is 45.7 Å². The Bertz CT molecular complexity index is 783. The third-order valence-corrected chi connectivity index (χ3v) is 5.21. The van der Waals surface area contributed by atoms with Crippen molar-refractivity contribution >= 4 is 5.97 Å². The fourth-order valence-corrected chi connectivity index (χ4v) is 3.84. The SMILES string of the molecule is O=C(O)C(F)(F)F.c1cnn(CCCO[C@@H]2CN(Cc3ccoc3)[C@@H]3CCCO[C@@H]32)c1. The molecule has 0 bridgehead atoms. The summed E-state index contributed by atoms with van der Waals surface area (Å²) < 4.78 is 51.1. The van der Waals surface area contributed by atoms with Gasteiger partial charge >= 0.3 is 12.1 Å². The van der Waals surface area contributed by atoms with Crippen molar-refractivity contribution in [2.45, 2.75) is 56.8 Å². The molecule has 0 spiro atoms. The number of nitrogens with zero attached hydrogens (tertiary/aromatic N) is 3. The first-order chi connectivity index (χ1) is 14.8. The van der Waals surface area contributed by atoms with E-state index in [1.165, 1.54) is 12.0 Å². The van der Waals surface area contributed by atoms with Gasteiger partial charge in [0, 0.05) is 56.8 Å². The van der Waals surface area contributed by atoms with E-state index in [2.05, 4.69) is 10.00 Å². The number of hydrogen-bond donors (Lipinski definition) is 1. The molecule has 0 amide bonds. The molecule has 1 N–H and O–H groups in total. The lowest BCUT2D eigenvalue weighted by Crippen LogP contribution is -2.41. The smallest absolute Gasteiger partial charge is 0.475 e. The molecule has 0 aliphatic carbocycles. The summed E-state index contributed by atoms with van der Waals surface area (Å²) in [7, 11) is 0. The minimum absolute atomic E-state index is 0.167. The summed E-state index contributed by atoms with van der Waals surface area (Å²) in [5.74, 6) is -2.76. The van der Waals surface area contributed by atoms with Crippen molar-refractivity contribution < 1.29 is 37.0 Å². The van der Waals surface area contributed by atoms with E-state index in [1.54, 1.807) is 6.26 Å². The topological polar surface area (TPSA) is 90.0 Å². The summed E-state index contributed by atoms with van der Waals surface area (Å²) in [5.41, 5.74) is 1.22. The molecule has 4 heterocycles. The lowest BCUT2D eigenvalue weighted by Gasteiger charge is -2.32. The number of aryl methyl sites for hydroxylation is 1. The monoisotopic (exact) mass is 445 g/mol. The van der Waals surface area contributed by atoms with Gasteiger partial charge in [-0.1, -0.05) is 0 Å². The van der Waals surface area contributed by atoms with Crippen molar-refractivity contribution in [2.75, 3.05) is 19.8 Å². The van der Waals surface area contributed by atoms with Crippen molar-refractivity contribution in [3.05, 3.63) is 42.6 Å². The second kappa shape index (κ2) is 10.8. The lowest BCUT2D eigenvalue weighted by atomic mass is 10.0. The van der Waals surface area contributed by atoms with Crippen LogP contribution in [0, 0.1) is 0 Å². The number of fused-ring (bicyclic) bond motifs is 1. The fourth-order valence-electron chi connectivity index (χ4n) is 3.84. The molecular weight excluding hydrogens is 419 g/mol. The molecule has 31 heavy (non-hydrogen) atoms. The molecule has 0 radical (unpaired) electrons. The van der Waals surface area contributed by atoms with Crippen LogP contribution in [-0.4, -0.2) is 69.9 Å². The average molecular weight is 445 g/mol. The molecule has 2 aliphatic rings. The number of carbonyl (C=O) groups is 1. The van der Waals surface area contributed by atoms with Gasteiger partial charge in [-0.15, -0.1) is 0 Å². The standard InChI is InChI=1S/C18H25N3O3.C2HF3O2/c1-4-16-18(24-9-1)17(13-20(16)12-15-5-11-22-14-15)23-10-3-8-21-7-2-6-19-21;3-2(4,5)1(6)7/h2,5-7,11,14,16-18H,1,3-4,8-10,12-13H2;(H,6,7)/t16-,17-,18+;/m1./s1. The Morgan fingerprint density at radius 1 is 1.39 bits per heavy atom. The molecular formula is C20H26F3N3O5. The molecule has 2 fully saturated rings. The van der Waals surface area contributed by atoms with Crippen LogP contribution >= 0.6 is 0 Å². The number of alkyl halides is 3. The number of ether oxygens (including phenoxy) is 2. The zero-order valence-corrected chi connectivity index (χ0v) is 16.9. The van der Waals surface area contributed by atoms with Crippen LogP contribution in [0.1, 0.15) is 24.8 Å². The Morgan fingerprint density at radius 3 is 2.84 bits per heavy atom. The van der Waals surface area contributed by atoms with Gasteiger partial charge in [0.15, 0.2) is 0 Å². The largest absolute Gasteiger partial charge is 0.490 e. The van der Waals surface area contributed by atoms with Crippen LogP contribution in [0.25, 0.3) is 0 Å². The average Bonchev–Trinajstić information content (AvgIpc) is 3.48. The predicted octanol–water partition coefficient (Wildman–Crippen LogP) is 2.95. The second-order valence-corrected chi connectivity index (χ2v) is 7.44. The minimum Gasteiger partial charge on any atom is -0.475 e. The number of carboxylic acids is 1. The first-order valence-electron chi connectivity index (χ1n) is 10.1. The molecule has 3 atom stereocenters. The van der Waals surface area contributed by atoms with Gasteiger partial charge in [0.1, 0.15) is 6.10 Å². The Kier molecular flexibility index (Phi) is 8.10. The van der Waals surface area contributed by atoms with E-state index in [-0.39, 0.29) is 12.2 Å².